The molecule has 8 heteroatoms. The summed E-state index contributed by atoms with van der Waals surface area (Å²) in [6, 6.07) is 0. The fraction of sp³-hybridized carbons (Fsp3) is 0.647. The van der Waals surface area contributed by atoms with Gasteiger partial charge in [0, 0.05) is 11.3 Å². The number of carbonyl (C=O) groups excluding carboxylic acids is 2. The van der Waals surface area contributed by atoms with Crippen molar-refractivity contribution in [3.8, 4) is 0 Å². The Bertz CT molecular complexity index is 781. The number of nitrogens with one attached hydrogen (secondary N) is 1. The highest BCUT2D eigenvalue weighted by Crippen LogP contribution is 2.38. The van der Waals surface area contributed by atoms with Crippen molar-refractivity contribution in [2.24, 2.45) is 5.92 Å². The molecule has 1 amide bonds. The maximum Gasteiger partial charge on any atom is 0.341 e. The van der Waals surface area contributed by atoms with E-state index in [2.05, 4.69) is 5.32 Å². The summed E-state index contributed by atoms with van der Waals surface area (Å²) in [7, 11) is -3.00. The molecule has 1 aromatic heterocycles. The van der Waals surface area contributed by atoms with E-state index in [1.54, 1.807) is 6.92 Å². The van der Waals surface area contributed by atoms with Crippen LogP contribution in [0.25, 0.3) is 0 Å². The van der Waals surface area contributed by atoms with Gasteiger partial charge in [-0.05, 0) is 50.5 Å². The van der Waals surface area contributed by atoms with Gasteiger partial charge < -0.3 is 10.1 Å². The van der Waals surface area contributed by atoms with Crippen molar-refractivity contribution in [2.75, 3.05) is 23.4 Å². The van der Waals surface area contributed by atoms with Crippen LogP contribution in [0.4, 0.5) is 5.00 Å². The van der Waals surface area contributed by atoms with Crippen molar-refractivity contribution in [1.82, 2.24) is 0 Å². The molecule has 1 aromatic rings. The van der Waals surface area contributed by atoms with E-state index in [1.165, 1.54) is 11.3 Å². The molecular formula is C17H23NO5S2. The van der Waals surface area contributed by atoms with Gasteiger partial charge in [-0.1, -0.05) is 0 Å². The van der Waals surface area contributed by atoms with Crippen LogP contribution in [0.3, 0.4) is 0 Å². The summed E-state index contributed by atoms with van der Waals surface area (Å²) in [4.78, 5) is 25.9. The van der Waals surface area contributed by atoms with Crippen molar-refractivity contribution >= 4 is 38.1 Å². The molecular weight excluding hydrogens is 362 g/mol. The molecule has 2 heterocycles. The van der Waals surface area contributed by atoms with Crippen LogP contribution >= 0.6 is 11.3 Å². The predicted octanol–water partition coefficient (Wildman–Crippen LogP) is 2.57. The lowest BCUT2D eigenvalue weighted by molar-refractivity contribution is -0.116. The Kier molecular flexibility index (Phi) is 5.48. The summed E-state index contributed by atoms with van der Waals surface area (Å²) in [5, 5.41) is 3.40. The van der Waals surface area contributed by atoms with Gasteiger partial charge in [-0.25, -0.2) is 13.2 Å². The van der Waals surface area contributed by atoms with E-state index in [4.69, 9.17) is 4.74 Å². The third kappa shape index (κ3) is 4.23. The Hall–Kier alpha value is -1.41. The molecule has 0 radical (unpaired) electrons. The largest absolute Gasteiger partial charge is 0.462 e. The number of ether oxygens (including phenoxy) is 1. The average Bonchev–Trinajstić information content (AvgIpc) is 3.06. The number of carbonyl (C=O) groups is 2. The third-order valence-corrected chi connectivity index (χ3v) is 7.75. The SMILES string of the molecule is CCOC(=O)c1c(NC(=O)C[C@H]2CCS(=O)(=O)C2)sc2c1CCCC2. The van der Waals surface area contributed by atoms with Crippen LogP contribution in [0.1, 0.15) is 53.4 Å². The maximum absolute atomic E-state index is 12.4. The molecule has 0 aromatic carbocycles. The lowest BCUT2D eigenvalue weighted by Crippen LogP contribution is -2.19. The van der Waals surface area contributed by atoms with Crippen molar-refractivity contribution in [3.63, 3.8) is 0 Å². The minimum Gasteiger partial charge on any atom is -0.462 e. The quantitative estimate of drug-likeness (QED) is 0.787. The first-order chi connectivity index (χ1) is 11.9. The van der Waals surface area contributed by atoms with E-state index < -0.39 is 9.84 Å². The highest BCUT2D eigenvalue weighted by atomic mass is 32.2. The lowest BCUT2D eigenvalue weighted by Gasteiger charge is -2.12. The highest BCUT2D eigenvalue weighted by molar-refractivity contribution is 7.91. The Balaban J connectivity index is 1.76. The Morgan fingerprint density at radius 2 is 2.04 bits per heavy atom. The van der Waals surface area contributed by atoms with Gasteiger partial charge in [-0.15, -0.1) is 11.3 Å². The first kappa shape index (κ1) is 18.4. The summed E-state index contributed by atoms with van der Waals surface area (Å²) in [5.41, 5.74) is 1.50. The smallest absolute Gasteiger partial charge is 0.341 e. The van der Waals surface area contributed by atoms with Gasteiger partial charge in [0.25, 0.3) is 0 Å². The van der Waals surface area contributed by atoms with Crippen LogP contribution in [0.5, 0.6) is 0 Å². The van der Waals surface area contributed by atoms with Crippen molar-refractivity contribution in [2.45, 2.75) is 45.4 Å². The number of hydrogen-bond acceptors (Lipinski definition) is 6. The molecule has 138 valence electrons. The molecule has 3 rings (SSSR count). The molecule has 1 N–H and O–H groups in total. The Morgan fingerprint density at radius 1 is 1.28 bits per heavy atom. The second-order valence-corrected chi connectivity index (χ2v) is 9.99. The van der Waals surface area contributed by atoms with Gasteiger partial charge in [0.05, 0.1) is 23.7 Å². The fourth-order valence-corrected chi connectivity index (χ4v) is 6.70. The minimum absolute atomic E-state index is 0.0755. The molecule has 1 saturated heterocycles. The van der Waals surface area contributed by atoms with Crippen LogP contribution in [-0.4, -0.2) is 38.4 Å². The summed E-state index contributed by atoms with van der Waals surface area (Å²) >= 11 is 1.45. The molecule has 0 unspecified atom stereocenters. The summed E-state index contributed by atoms with van der Waals surface area (Å²) in [6.45, 7) is 2.05. The number of aryl methyl sites for hydroxylation is 1. The zero-order valence-corrected chi connectivity index (χ0v) is 15.9. The van der Waals surface area contributed by atoms with Gasteiger partial charge in [-0.3, -0.25) is 4.79 Å². The Morgan fingerprint density at radius 3 is 2.72 bits per heavy atom. The predicted molar refractivity (Wildman–Crippen MR) is 96.9 cm³/mol. The molecule has 0 spiro atoms. The number of thiophene rings is 1. The fourth-order valence-electron chi connectivity index (χ4n) is 3.55. The zero-order valence-electron chi connectivity index (χ0n) is 14.3. The first-order valence-electron chi connectivity index (χ1n) is 8.71. The molecule has 0 saturated carbocycles. The summed E-state index contributed by atoms with van der Waals surface area (Å²) in [5.74, 6) is -0.518. The second kappa shape index (κ2) is 7.45. The van der Waals surface area contributed by atoms with Crippen LogP contribution in [0.15, 0.2) is 0 Å². The number of anilines is 1. The van der Waals surface area contributed by atoms with E-state index in [0.29, 0.717) is 17.0 Å². The van der Waals surface area contributed by atoms with Crippen LogP contribution in [0.2, 0.25) is 0 Å². The molecule has 6 nitrogen and oxygen atoms in total. The monoisotopic (exact) mass is 385 g/mol. The van der Waals surface area contributed by atoms with Crippen molar-refractivity contribution in [1.29, 1.82) is 0 Å². The van der Waals surface area contributed by atoms with Gasteiger partial charge in [-0.2, -0.15) is 0 Å². The van der Waals surface area contributed by atoms with E-state index in [0.717, 1.165) is 36.1 Å². The molecule has 2 aliphatic rings. The molecule has 1 atom stereocenters. The number of esters is 1. The molecule has 0 bridgehead atoms. The van der Waals surface area contributed by atoms with Gasteiger partial charge in [0.2, 0.25) is 5.91 Å². The van der Waals surface area contributed by atoms with E-state index in [-0.39, 0.29) is 42.3 Å². The average molecular weight is 386 g/mol. The van der Waals surface area contributed by atoms with Crippen LogP contribution in [-0.2, 0) is 32.2 Å². The zero-order chi connectivity index (χ0) is 18.0. The third-order valence-electron chi connectivity index (χ3n) is 4.70. The van der Waals surface area contributed by atoms with Gasteiger partial charge >= 0.3 is 5.97 Å². The molecule has 1 fully saturated rings. The first-order valence-corrected chi connectivity index (χ1v) is 11.4. The number of hydrogen-bond donors (Lipinski definition) is 1. The summed E-state index contributed by atoms with van der Waals surface area (Å²) < 4.78 is 28.2. The Labute approximate surface area is 151 Å². The van der Waals surface area contributed by atoms with E-state index in [1.807, 2.05) is 0 Å². The number of amides is 1. The van der Waals surface area contributed by atoms with Crippen LogP contribution in [0, 0.1) is 5.92 Å². The van der Waals surface area contributed by atoms with Crippen LogP contribution < -0.4 is 5.32 Å². The normalized spacial score (nSPS) is 21.6. The van der Waals surface area contributed by atoms with Gasteiger partial charge in [0.15, 0.2) is 9.84 Å². The number of rotatable bonds is 5. The standard InChI is InChI=1S/C17H23NO5S2/c1-2-23-17(20)15-12-5-3-4-6-13(12)24-16(15)18-14(19)9-11-7-8-25(21,22)10-11/h11H,2-10H2,1H3,(H,18,19)/t11-/m1/s1. The van der Waals surface area contributed by atoms with E-state index >= 15 is 0 Å². The maximum atomic E-state index is 12.4. The van der Waals surface area contributed by atoms with Gasteiger partial charge in [0.1, 0.15) is 5.00 Å². The van der Waals surface area contributed by atoms with Crippen molar-refractivity contribution < 1.29 is 22.7 Å². The molecule has 25 heavy (non-hydrogen) atoms. The number of fused-ring (bicyclic) bond motifs is 1. The lowest BCUT2D eigenvalue weighted by atomic mass is 9.95. The highest BCUT2D eigenvalue weighted by Gasteiger charge is 2.31. The minimum atomic E-state index is -3.00. The second-order valence-electron chi connectivity index (χ2n) is 6.66. The molecule has 1 aliphatic carbocycles. The van der Waals surface area contributed by atoms with E-state index in [9.17, 15) is 18.0 Å². The topological polar surface area (TPSA) is 89.5 Å². The van der Waals surface area contributed by atoms with Crippen molar-refractivity contribution in [3.05, 3.63) is 16.0 Å². The molecule has 1 aliphatic heterocycles. The number of sulfone groups is 1. The summed E-state index contributed by atoms with van der Waals surface area (Å²) in [6.07, 6.45) is 4.57.